The molecule has 0 unspecified atom stereocenters. The summed E-state index contributed by atoms with van der Waals surface area (Å²) in [6.45, 7) is 4.33. The number of ether oxygens (including phenoxy) is 1. The molecule has 2 aromatic rings. The second kappa shape index (κ2) is 6.26. The molecule has 1 atom stereocenters. The highest BCUT2D eigenvalue weighted by Gasteiger charge is 2.52. The lowest BCUT2D eigenvalue weighted by atomic mass is 9.93. The van der Waals surface area contributed by atoms with Crippen LogP contribution in [0.2, 0.25) is 5.02 Å². The molecule has 1 fully saturated rings. The molecule has 0 radical (unpaired) electrons. The van der Waals surface area contributed by atoms with E-state index < -0.39 is 0 Å². The van der Waals surface area contributed by atoms with Crippen molar-refractivity contribution in [2.75, 3.05) is 20.1 Å². The largest absolute Gasteiger partial charge is 0.470 e. The topological polar surface area (TPSA) is 28.9 Å². The maximum Gasteiger partial charge on any atom is 0.191 e. The predicted octanol–water partition coefficient (Wildman–Crippen LogP) is 2.95. The summed E-state index contributed by atoms with van der Waals surface area (Å²) < 4.78 is 6.64. The van der Waals surface area contributed by atoms with Crippen molar-refractivity contribution in [1.82, 2.24) is 10.4 Å². The number of likely N-dealkylation sites (tertiary alicyclic amines) is 1. The number of rotatable bonds is 1. The van der Waals surface area contributed by atoms with Gasteiger partial charge in [0.05, 0.1) is 44.7 Å². The summed E-state index contributed by atoms with van der Waals surface area (Å²) >= 11 is 6.32. The quantitative estimate of drug-likeness (QED) is 0.794. The number of nitrogens with zero attached hydrogens (tertiary/aromatic N) is 1. The standard InChI is InChI=1S/C22H24ClN3O/c1-15-3-5-16(6-4-15)19-14-20-18-13-17(23)7-8-21(18)27-22(26(20)24-19)9-11-25(2)12-10-22/h3-8,13-14,20,24H,9-12H2,1-2H3/p+1/t20-/m1/s1. The molecule has 2 aromatic carbocycles. The highest BCUT2D eigenvalue weighted by atomic mass is 35.5. The van der Waals surface area contributed by atoms with Gasteiger partial charge in [-0.05, 0) is 36.8 Å². The van der Waals surface area contributed by atoms with Crippen LogP contribution in [0.3, 0.4) is 0 Å². The Morgan fingerprint density at radius 2 is 1.89 bits per heavy atom. The van der Waals surface area contributed by atoms with Gasteiger partial charge in [-0.3, -0.25) is 0 Å². The molecule has 27 heavy (non-hydrogen) atoms. The molecular formula is C22H25ClN3O+. The lowest BCUT2D eigenvalue weighted by Gasteiger charge is -2.50. The van der Waals surface area contributed by atoms with E-state index in [1.54, 1.807) is 4.90 Å². The van der Waals surface area contributed by atoms with Crippen molar-refractivity contribution in [2.24, 2.45) is 0 Å². The molecule has 5 heteroatoms. The van der Waals surface area contributed by atoms with E-state index in [-0.39, 0.29) is 11.8 Å². The Balaban J connectivity index is 1.58. The third-order valence-electron chi connectivity index (χ3n) is 6.12. The van der Waals surface area contributed by atoms with Gasteiger partial charge in [0.25, 0.3) is 0 Å². The van der Waals surface area contributed by atoms with Crippen molar-refractivity contribution in [1.29, 1.82) is 0 Å². The Bertz CT molecular complexity index is 900. The summed E-state index contributed by atoms with van der Waals surface area (Å²) in [6, 6.07) is 14.8. The van der Waals surface area contributed by atoms with Crippen molar-refractivity contribution in [2.45, 2.75) is 31.5 Å². The number of fused-ring (bicyclic) bond motifs is 4. The molecule has 0 aromatic heterocycles. The van der Waals surface area contributed by atoms with Gasteiger partial charge in [-0.1, -0.05) is 41.4 Å². The van der Waals surface area contributed by atoms with Gasteiger partial charge in [0.2, 0.25) is 0 Å². The average molecular weight is 383 g/mol. The average Bonchev–Trinajstić information content (AvgIpc) is 3.12. The molecule has 5 rings (SSSR count). The van der Waals surface area contributed by atoms with Crippen LogP contribution >= 0.6 is 11.6 Å². The van der Waals surface area contributed by atoms with Crippen molar-refractivity contribution < 1.29 is 9.64 Å². The summed E-state index contributed by atoms with van der Waals surface area (Å²) in [4.78, 5) is 1.56. The first-order valence-corrected chi connectivity index (χ1v) is 10.1. The van der Waals surface area contributed by atoms with Crippen LogP contribution in [0.5, 0.6) is 5.75 Å². The van der Waals surface area contributed by atoms with Gasteiger partial charge in [-0.2, -0.15) is 5.01 Å². The highest BCUT2D eigenvalue weighted by molar-refractivity contribution is 6.30. The maximum absolute atomic E-state index is 6.64. The van der Waals surface area contributed by atoms with Crippen LogP contribution in [-0.2, 0) is 0 Å². The molecule has 3 heterocycles. The third-order valence-corrected chi connectivity index (χ3v) is 6.36. The van der Waals surface area contributed by atoms with E-state index in [2.05, 4.69) is 54.7 Å². The van der Waals surface area contributed by atoms with Crippen molar-refractivity contribution >= 4 is 17.3 Å². The van der Waals surface area contributed by atoms with Gasteiger partial charge in [-0.15, -0.1) is 0 Å². The molecule has 4 nitrogen and oxygen atoms in total. The van der Waals surface area contributed by atoms with Gasteiger partial charge < -0.3 is 15.1 Å². The molecule has 2 N–H and O–H groups in total. The molecule has 140 valence electrons. The lowest BCUT2D eigenvalue weighted by Crippen LogP contribution is -3.11. The van der Waals surface area contributed by atoms with Gasteiger partial charge in [0, 0.05) is 10.6 Å². The lowest BCUT2D eigenvalue weighted by molar-refractivity contribution is -0.888. The van der Waals surface area contributed by atoms with Crippen LogP contribution in [-0.4, -0.2) is 30.9 Å². The maximum atomic E-state index is 6.64. The van der Waals surface area contributed by atoms with Gasteiger partial charge in [-0.25, -0.2) is 0 Å². The minimum atomic E-state index is -0.312. The number of piperidine rings is 1. The number of hydrogen-bond donors (Lipinski definition) is 2. The van der Waals surface area contributed by atoms with Crippen LogP contribution in [0.4, 0.5) is 0 Å². The molecule has 1 spiro atoms. The van der Waals surface area contributed by atoms with Crippen molar-refractivity contribution in [3.8, 4) is 5.75 Å². The zero-order chi connectivity index (χ0) is 18.6. The Morgan fingerprint density at radius 3 is 2.63 bits per heavy atom. The first-order valence-electron chi connectivity index (χ1n) is 9.69. The number of hydrogen-bond acceptors (Lipinski definition) is 3. The third kappa shape index (κ3) is 2.83. The summed E-state index contributed by atoms with van der Waals surface area (Å²) in [5.74, 6) is 0.961. The Morgan fingerprint density at radius 1 is 1.15 bits per heavy atom. The minimum absolute atomic E-state index is 0.127. The van der Waals surface area contributed by atoms with Gasteiger partial charge in [0.15, 0.2) is 5.72 Å². The molecule has 0 amide bonds. The van der Waals surface area contributed by atoms with Crippen LogP contribution in [0.1, 0.15) is 35.6 Å². The minimum Gasteiger partial charge on any atom is -0.470 e. The summed E-state index contributed by atoms with van der Waals surface area (Å²) in [5.41, 5.74) is 8.11. The second-order valence-corrected chi connectivity index (χ2v) is 8.50. The van der Waals surface area contributed by atoms with E-state index in [9.17, 15) is 0 Å². The Kier molecular flexibility index (Phi) is 3.97. The fourth-order valence-corrected chi connectivity index (χ4v) is 4.64. The SMILES string of the molecule is Cc1ccc(C2=C[C@@H]3c4cc(Cl)ccc4OC4(CC[NH+](C)CC4)N3N2)cc1. The summed E-state index contributed by atoms with van der Waals surface area (Å²) in [7, 11) is 2.26. The summed E-state index contributed by atoms with van der Waals surface area (Å²) in [6.07, 6.45) is 4.31. The zero-order valence-electron chi connectivity index (χ0n) is 15.8. The molecule has 3 aliphatic rings. The number of aryl methyl sites for hydroxylation is 1. The van der Waals surface area contributed by atoms with E-state index >= 15 is 0 Å². The molecule has 3 aliphatic heterocycles. The zero-order valence-corrected chi connectivity index (χ0v) is 16.5. The van der Waals surface area contributed by atoms with E-state index in [4.69, 9.17) is 16.3 Å². The fraction of sp³-hybridized carbons (Fsp3) is 0.364. The first-order chi connectivity index (χ1) is 13.0. The second-order valence-electron chi connectivity index (χ2n) is 8.06. The summed E-state index contributed by atoms with van der Waals surface area (Å²) in [5, 5.41) is 3.08. The van der Waals surface area contributed by atoms with Crippen LogP contribution < -0.4 is 15.1 Å². The normalized spacial score (nSPS) is 29.5. The van der Waals surface area contributed by atoms with Gasteiger partial charge >= 0.3 is 0 Å². The van der Waals surface area contributed by atoms with Crippen LogP contribution in [0.15, 0.2) is 48.5 Å². The molecule has 0 aliphatic carbocycles. The molecule has 1 saturated heterocycles. The van der Waals surface area contributed by atoms with Crippen molar-refractivity contribution in [3.63, 3.8) is 0 Å². The number of halogens is 1. The molecule has 0 saturated carbocycles. The number of hydrazine groups is 1. The highest BCUT2D eigenvalue weighted by Crippen LogP contribution is 2.48. The Labute approximate surface area is 165 Å². The predicted molar refractivity (Wildman–Crippen MR) is 108 cm³/mol. The fourth-order valence-electron chi connectivity index (χ4n) is 4.45. The van der Waals surface area contributed by atoms with Crippen LogP contribution in [0, 0.1) is 6.92 Å². The van der Waals surface area contributed by atoms with Crippen molar-refractivity contribution in [3.05, 3.63) is 70.3 Å². The molecular weight excluding hydrogens is 358 g/mol. The monoisotopic (exact) mass is 382 g/mol. The number of quaternary nitrogens is 1. The Hall–Kier alpha value is -2.01. The van der Waals surface area contributed by atoms with Crippen LogP contribution in [0.25, 0.3) is 5.70 Å². The number of nitrogens with one attached hydrogen (secondary N) is 2. The smallest absolute Gasteiger partial charge is 0.191 e. The first kappa shape index (κ1) is 17.1. The van der Waals surface area contributed by atoms with E-state index in [0.29, 0.717) is 0 Å². The van der Waals surface area contributed by atoms with E-state index in [1.165, 1.54) is 11.1 Å². The molecule has 0 bridgehead atoms. The van der Waals surface area contributed by atoms with E-state index in [0.717, 1.165) is 48.0 Å². The van der Waals surface area contributed by atoms with E-state index in [1.807, 2.05) is 18.2 Å². The van der Waals surface area contributed by atoms with Gasteiger partial charge in [0.1, 0.15) is 5.75 Å². The number of benzene rings is 2.